The Morgan fingerprint density at radius 3 is 2.60 bits per heavy atom. The van der Waals surface area contributed by atoms with Crippen molar-refractivity contribution >= 4 is 5.97 Å². The zero-order valence-electron chi connectivity index (χ0n) is 10.1. The summed E-state index contributed by atoms with van der Waals surface area (Å²) in [5.41, 5.74) is 0. The van der Waals surface area contributed by atoms with Gasteiger partial charge in [0.05, 0.1) is 6.61 Å². The van der Waals surface area contributed by atoms with E-state index in [2.05, 4.69) is 20.4 Å². The van der Waals surface area contributed by atoms with Crippen LogP contribution in [0.1, 0.15) is 52.4 Å². The van der Waals surface area contributed by atoms with Gasteiger partial charge in [-0.3, -0.25) is 0 Å². The summed E-state index contributed by atoms with van der Waals surface area (Å²) in [6.45, 7) is 8.23. The van der Waals surface area contributed by atoms with Gasteiger partial charge in [0.2, 0.25) is 0 Å². The molecule has 0 unspecified atom stereocenters. The van der Waals surface area contributed by atoms with Crippen molar-refractivity contribution in [2.75, 3.05) is 6.61 Å². The maximum Gasteiger partial charge on any atom is 0.330 e. The first-order valence-electron chi connectivity index (χ1n) is 5.99. The van der Waals surface area contributed by atoms with Crippen molar-refractivity contribution in [3.05, 3.63) is 12.7 Å². The van der Waals surface area contributed by atoms with Crippen LogP contribution < -0.4 is 0 Å². The third-order valence-electron chi connectivity index (χ3n) is 2.48. The fraction of sp³-hybridized carbons (Fsp3) is 0.769. The third kappa shape index (κ3) is 9.51. The molecule has 0 aliphatic heterocycles. The van der Waals surface area contributed by atoms with E-state index < -0.39 is 0 Å². The molecule has 0 aromatic carbocycles. The molecule has 0 spiro atoms. The van der Waals surface area contributed by atoms with Gasteiger partial charge in [0.25, 0.3) is 0 Å². The quantitative estimate of drug-likeness (QED) is 0.331. The molecule has 0 saturated heterocycles. The largest absolute Gasteiger partial charge is 0.462 e. The summed E-state index contributed by atoms with van der Waals surface area (Å²) in [5, 5.41) is 0. The highest BCUT2D eigenvalue weighted by molar-refractivity contribution is 5.81. The van der Waals surface area contributed by atoms with Gasteiger partial charge in [-0.05, 0) is 12.3 Å². The van der Waals surface area contributed by atoms with E-state index in [0.717, 1.165) is 6.42 Å². The maximum absolute atomic E-state index is 10.8. The topological polar surface area (TPSA) is 26.3 Å². The van der Waals surface area contributed by atoms with Gasteiger partial charge >= 0.3 is 5.97 Å². The predicted octanol–water partition coefficient (Wildman–Crippen LogP) is 3.71. The van der Waals surface area contributed by atoms with E-state index in [1.165, 1.54) is 38.2 Å². The minimum atomic E-state index is -0.312. The normalized spacial score (nSPS) is 12.1. The molecule has 1 atom stereocenters. The molecular formula is C13H24O2. The third-order valence-corrected chi connectivity index (χ3v) is 2.48. The highest BCUT2D eigenvalue weighted by Crippen LogP contribution is 2.11. The van der Waals surface area contributed by atoms with Crippen molar-refractivity contribution in [1.82, 2.24) is 0 Å². The second-order valence-corrected chi connectivity index (χ2v) is 4.14. The van der Waals surface area contributed by atoms with Crippen molar-refractivity contribution in [3.8, 4) is 0 Å². The van der Waals surface area contributed by atoms with E-state index in [-0.39, 0.29) is 5.97 Å². The van der Waals surface area contributed by atoms with Gasteiger partial charge in [-0.1, -0.05) is 52.5 Å². The Kier molecular flexibility index (Phi) is 9.24. The summed E-state index contributed by atoms with van der Waals surface area (Å²) < 4.78 is 4.97. The van der Waals surface area contributed by atoms with Crippen LogP contribution in [0.2, 0.25) is 0 Å². The Balaban J connectivity index is 3.29. The molecule has 0 amide bonds. The Morgan fingerprint density at radius 2 is 2.00 bits per heavy atom. The monoisotopic (exact) mass is 212 g/mol. The Labute approximate surface area is 93.7 Å². The highest BCUT2D eigenvalue weighted by Gasteiger charge is 2.04. The summed E-state index contributed by atoms with van der Waals surface area (Å²) in [5.74, 6) is 0.156. The second kappa shape index (κ2) is 9.75. The van der Waals surface area contributed by atoms with E-state index in [1.54, 1.807) is 0 Å². The van der Waals surface area contributed by atoms with Crippen LogP contribution in [-0.2, 0) is 9.53 Å². The summed E-state index contributed by atoms with van der Waals surface area (Å²) in [6, 6.07) is 0. The first kappa shape index (κ1) is 14.2. The summed E-state index contributed by atoms with van der Waals surface area (Å²) in [7, 11) is 0. The van der Waals surface area contributed by atoms with E-state index in [1.807, 2.05) is 0 Å². The van der Waals surface area contributed by atoms with Gasteiger partial charge < -0.3 is 4.74 Å². The minimum Gasteiger partial charge on any atom is -0.462 e. The molecule has 0 aromatic heterocycles. The van der Waals surface area contributed by atoms with Gasteiger partial charge in [0.15, 0.2) is 0 Å². The Bertz CT molecular complexity index is 175. The lowest BCUT2D eigenvalue weighted by Gasteiger charge is -2.10. The van der Waals surface area contributed by atoms with Crippen LogP contribution in [0.25, 0.3) is 0 Å². The van der Waals surface area contributed by atoms with Gasteiger partial charge in [-0.25, -0.2) is 4.79 Å². The maximum atomic E-state index is 10.8. The molecule has 0 radical (unpaired) electrons. The van der Waals surface area contributed by atoms with Crippen LogP contribution in [-0.4, -0.2) is 12.6 Å². The van der Waals surface area contributed by atoms with Crippen LogP contribution in [0.15, 0.2) is 12.7 Å². The van der Waals surface area contributed by atoms with Crippen LogP contribution in [0.5, 0.6) is 0 Å². The smallest absolute Gasteiger partial charge is 0.330 e. The molecule has 0 N–H and O–H groups in total. The molecule has 0 aromatic rings. The van der Waals surface area contributed by atoms with E-state index in [9.17, 15) is 4.79 Å². The number of carbonyl (C=O) groups is 1. The van der Waals surface area contributed by atoms with Gasteiger partial charge in [0.1, 0.15) is 0 Å². The number of unbranched alkanes of at least 4 members (excludes halogenated alkanes) is 4. The molecule has 15 heavy (non-hydrogen) atoms. The summed E-state index contributed by atoms with van der Waals surface area (Å²) in [6.07, 6.45) is 8.85. The van der Waals surface area contributed by atoms with Gasteiger partial charge in [-0.2, -0.15) is 0 Å². The molecule has 0 heterocycles. The number of ether oxygens (including phenoxy) is 1. The average Bonchev–Trinajstić information content (AvgIpc) is 2.25. The SMILES string of the molecule is C=CC(=O)OC[C@H](C)CCCCCCC. The average molecular weight is 212 g/mol. The van der Waals surface area contributed by atoms with Crippen LogP contribution in [0, 0.1) is 5.92 Å². The molecule has 2 nitrogen and oxygen atoms in total. The lowest BCUT2D eigenvalue weighted by molar-refractivity contribution is -0.138. The van der Waals surface area contributed by atoms with Gasteiger partial charge in [0, 0.05) is 6.08 Å². The minimum absolute atomic E-state index is 0.312. The number of hydrogen-bond donors (Lipinski definition) is 0. The van der Waals surface area contributed by atoms with Crippen LogP contribution in [0.3, 0.4) is 0 Å². The first-order chi connectivity index (χ1) is 7.20. The standard InChI is InChI=1S/C13H24O2/c1-4-6-7-8-9-10-12(3)11-15-13(14)5-2/h5,12H,2,4,6-11H2,1,3H3/t12-/m1/s1. The Morgan fingerprint density at radius 1 is 1.33 bits per heavy atom. The summed E-state index contributed by atoms with van der Waals surface area (Å²) >= 11 is 0. The molecule has 0 aliphatic rings. The number of carbonyl (C=O) groups excluding carboxylic acids is 1. The molecule has 0 fully saturated rings. The molecule has 0 saturated carbocycles. The molecule has 2 heteroatoms. The van der Waals surface area contributed by atoms with Crippen LogP contribution in [0.4, 0.5) is 0 Å². The molecule has 0 rings (SSSR count). The highest BCUT2D eigenvalue weighted by atomic mass is 16.5. The molecular weight excluding hydrogens is 188 g/mol. The zero-order valence-corrected chi connectivity index (χ0v) is 10.1. The van der Waals surface area contributed by atoms with Gasteiger partial charge in [-0.15, -0.1) is 0 Å². The lowest BCUT2D eigenvalue weighted by atomic mass is 10.0. The van der Waals surface area contributed by atoms with Crippen molar-refractivity contribution in [3.63, 3.8) is 0 Å². The molecule has 88 valence electrons. The zero-order chi connectivity index (χ0) is 11.5. The Hall–Kier alpha value is -0.790. The lowest BCUT2D eigenvalue weighted by Crippen LogP contribution is -2.09. The fourth-order valence-electron chi connectivity index (χ4n) is 1.46. The second-order valence-electron chi connectivity index (χ2n) is 4.14. The van der Waals surface area contributed by atoms with Crippen molar-refractivity contribution in [1.29, 1.82) is 0 Å². The fourth-order valence-corrected chi connectivity index (χ4v) is 1.46. The molecule has 0 bridgehead atoms. The number of rotatable bonds is 9. The first-order valence-corrected chi connectivity index (χ1v) is 5.99. The number of esters is 1. The molecule has 0 aliphatic carbocycles. The van der Waals surface area contributed by atoms with Crippen molar-refractivity contribution in [2.24, 2.45) is 5.92 Å². The van der Waals surface area contributed by atoms with E-state index in [0.29, 0.717) is 12.5 Å². The number of hydrogen-bond acceptors (Lipinski definition) is 2. The van der Waals surface area contributed by atoms with E-state index in [4.69, 9.17) is 4.74 Å². The van der Waals surface area contributed by atoms with E-state index >= 15 is 0 Å². The summed E-state index contributed by atoms with van der Waals surface area (Å²) in [4.78, 5) is 10.8. The van der Waals surface area contributed by atoms with Crippen LogP contribution >= 0.6 is 0 Å². The van der Waals surface area contributed by atoms with Crippen molar-refractivity contribution < 1.29 is 9.53 Å². The predicted molar refractivity (Wildman–Crippen MR) is 63.7 cm³/mol. The van der Waals surface area contributed by atoms with Crippen molar-refractivity contribution in [2.45, 2.75) is 52.4 Å².